The zero-order valence-corrected chi connectivity index (χ0v) is 24.5. The largest absolute Gasteiger partial charge is 0.460 e. The lowest BCUT2D eigenvalue weighted by Gasteiger charge is -2.28. The van der Waals surface area contributed by atoms with Gasteiger partial charge in [0.2, 0.25) is 0 Å². The van der Waals surface area contributed by atoms with Crippen molar-refractivity contribution in [2.45, 2.75) is 25.7 Å². The van der Waals surface area contributed by atoms with Gasteiger partial charge in [0.1, 0.15) is 11.3 Å². The van der Waals surface area contributed by atoms with Crippen molar-refractivity contribution in [2.24, 2.45) is 0 Å². The molecule has 206 valence electrons. The molecular formula is C40H29NOS. The Hall–Kier alpha value is -4.86. The van der Waals surface area contributed by atoms with Crippen LogP contribution in [0, 0.1) is 0 Å². The monoisotopic (exact) mass is 571 g/mol. The summed E-state index contributed by atoms with van der Waals surface area (Å²) in [6.45, 7) is 0. The van der Waals surface area contributed by atoms with Gasteiger partial charge in [-0.05, 0) is 95.8 Å². The second-order valence-corrected chi connectivity index (χ2v) is 12.6. The fourth-order valence-electron chi connectivity index (χ4n) is 6.83. The van der Waals surface area contributed by atoms with Gasteiger partial charge in [-0.2, -0.15) is 0 Å². The summed E-state index contributed by atoms with van der Waals surface area (Å²) in [4.78, 5) is 2.40. The second kappa shape index (κ2) is 9.86. The van der Waals surface area contributed by atoms with Crippen molar-refractivity contribution in [3.8, 4) is 11.1 Å². The first-order chi connectivity index (χ1) is 21.3. The summed E-state index contributed by atoms with van der Waals surface area (Å²) in [5.74, 6) is 1.11. The van der Waals surface area contributed by atoms with Crippen LogP contribution in [0.15, 0.2) is 131 Å². The second-order valence-electron chi connectivity index (χ2n) is 11.5. The molecule has 2 heterocycles. The molecule has 5 aromatic carbocycles. The van der Waals surface area contributed by atoms with E-state index in [2.05, 4.69) is 132 Å². The average molecular weight is 572 g/mol. The quantitative estimate of drug-likeness (QED) is 0.209. The molecule has 0 aliphatic heterocycles. The lowest BCUT2D eigenvalue weighted by molar-refractivity contribution is 0.546. The molecule has 0 N–H and O–H groups in total. The highest BCUT2D eigenvalue weighted by Gasteiger charge is 2.18. The Balaban J connectivity index is 1.12. The maximum absolute atomic E-state index is 6.21. The summed E-state index contributed by atoms with van der Waals surface area (Å²) >= 11 is 1.87. The first-order valence-electron chi connectivity index (χ1n) is 15.1. The molecule has 2 aliphatic carbocycles. The molecule has 0 atom stereocenters. The number of anilines is 2. The number of allylic oxidation sites excluding steroid dienone is 4. The van der Waals surface area contributed by atoms with Gasteiger partial charge in [-0.1, -0.05) is 72.8 Å². The number of aryl methyl sites for hydroxylation is 1. The Labute approximate surface area is 254 Å². The lowest BCUT2D eigenvalue weighted by atomic mass is 9.96. The number of rotatable bonds is 4. The summed E-state index contributed by atoms with van der Waals surface area (Å²) < 4.78 is 8.87. The highest BCUT2D eigenvalue weighted by molar-refractivity contribution is 7.25. The van der Waals surface area contributed by atoms with Crippen LogP contribution in [0.1, 0.15) is 30.6 Å². The zero-order chi connectivity index (χ0) is 28.3. The van der Waals surface area contributed by atoms with Crippen molar-refractivity contribution in [2.75, 3.05) is 4.90 Å². The molecular weight excluding hydrogens is 543 g/mol. The van der Waals surface area contributed by atoms with Crippen LogP contribution >= 0.6 is 11.3 Å². The first kappa shape index (κ1) is 24.7. The van der Waals surface area contributed by atoms with E-state index in [1.54, 1.807) is 0 Å². The van der Waals surface area contributed by atoms with Crippen LogP contribution in [0.5, 0.6) is 0 Å². The highest BCUT2D eigenvalue weighted by atomic mass is 32.1. The number of hydrogen-bond acceptors (Lipinski definition) is 3. The molecule has 43 heavy (non-hydrogen) atoms. The molecule has 7 aromatic rings. The molecule has 0 saturated carbocycles. The summed E-state index contributed by atoms with van der Waals surface area (Å²) in [6.07, 6.45) is 15.6. The predicted molar refractivity (Wildman–Crippen MR) is 184 cm³/mol. The van der Waals surface area contributed by atoms with Crippen molar-refractivity contribution in [1.29, 1.82) is 0 Å². The molecule has 0 fully saturated rings. The minimum absolute atomic E-state index is 0.980. The first-order valence-corrected chi connectivity index (χ1v) is 16.0. The molecule has 2 aliphatic rings. The number of nitrogens with zero attached hydrogens (tertiary/aromatic N) is 1. The van der Waals surface area contributed by atoms with Crippen molar-refractivity contribution in [3.05, 3.63) is 138 Å². The number of hydrogen-bond donors (Lipinski definition) is 0. The lowest BCUT2D eigenvalue weighted by Crippen LogP contribution is -2.16. The normalized spacial score (nSPS) is 14.6. The summed E-state index contributed by atoms with van der Waals surface area (Å²) in [5, 5.41) is 6.39. The maximum atomic E-state index is 6.21. The summed E-state index contributed by atoms with van der Waals surface area (Å²) in [6, 6.07) is 35.8. The van der Waals surface area contributed by atoms with E-state index in [-0.39, 0.29) is 0 Å². The topological polar surface area (TPSA) is 16.4 Å². The van der Waals surface area contributed by atoms with Gasteiger partial charge in [0.05, 0.1) is 0 Å². The van der Waals surface area contributed by atoms with Crippen LogP contribution in [0.2, 0.25) is 0 Å². The minimum atomic E-state index is 0.980. The van der Waals surface area contributed by atoms with E-state index in [4.69, 9.17) is 4.42 Å². The fraction of sp³-hybridized carbons (Fsp3) is 0.100. The van der Waals surface area contributed by atoms with Gasteiger partial charge in [-0.25, -0.2) is 0 Å². The third-order valence-electron chi connectivity index (χ3n) is 8.92. The molecule has 0 saturated heterocycles. The van der Waals surface area contributed by atoms with Gasteiger partial charge in [0.25, 0.3) is 0 Å². The van der Waals surface area contributed by atoms with E-state index in [0.717, 1.165) is 37.0 Å². The van der Waals surface area contributed by atoms with E-state index in [1.807, 2.05) is 11.3 Å². The SMILES string of the molecule is C1=CC(N(c2ccc(-c3ccc4c(ccc5oc6c(c54)C=CCC6)c3)cc2)c2ccc3sc4ccccc4c3c2)=CCC1. The molecule has 2 nitrogen and oxygen atoms in total. The third-order valence-corrected chi connectivity index (χ3v) is 10.1. The molecule has 9 rings (SSSR count). The fourth-order valence-corrected chi connectivity index (χ4v) is 7.91. The Morgan fingerprint density at radius 3 is 2.37 bits per heavy atom. The number of benzene rings is 5. The Bertz CT molecular complexity index is 2290. The van der Waals surface area contributed by atoms with E-state index in [0.29, 0.717) is 0 Å². The van der Waals surface area contributed by atoms with Crippen molar-refractivity contribution < 1.29 is 4.42 Å². The molecule has 0 bridgehead atoms. The van der Waals surface area contributed by atoms with Crippen molar-refractivity contribution in [3.63, 3.8) is 0 Å². The van der Waals surface area contributed by atoms with Crippen LogP contribution in [-0.2, 0) is 6.42 Å². The van der Waals surface area contributed by atoms with Gasteiger partial charge < -0.3 is 9.32 Å². The van der Waals surface area contributed by atoms with Crippen LogP contribution in [-0.4, -0.2) is 0 Å². The molecule has 2 aromatic heterocycles. The molecule has 0 radical (unpaired) electrons. The van der Waals surface area contributed by atoms with Crippen molar-refractivity contribution in [1.82, 2.24) is 0 Å². The van der Waals surface area contributed by atoms with E-state index in [1.165, 1.54) is 70.1 Å². The Kier molecular flexibility index (Phi) is 5.67. The molecule has 0 spiro atoms. The van der Waals surface area contributed by atoms with E-state index >= 15 is 0 Å². The van der Waals surface area contributed by atoms with Crippen LogP contribution in [0.4, 0.5) is 11.4 Å². The molecule has 0 unspecified atom stereocenters. The number of thiophene rings is 1. The molecule has 3 heteroatoms. The van der Waals surface area contributed by atoms with Crippen molar-refractivity contribution >= 4 is 70.7 Å². The molecule has 0 amide bonds. The average Bonchev–Trinajstić information content (AvgIpc) is 3.64. The number of furan rings is 1. The standard InChI is InChI=1S/C40H29NOS/c1-2-8-29(9-3-1)41(31-20-23-39-35(25-31)33-10-5-7-13-38(33)43-39)30-18-14-26(15-19-30)27-16-21-32-28(24-27)17-22-37-40(32)34-11-4-6-12-36(34)42-37/h2,4-5,7-11,13-25H,1,3,6,12H2. The Morgan fingerprint density at radius 1 is 0.628 bits per heavy atom. The Morgan fingerprint density at radius 2 is 1.47 bits per heavy atom. The van der Waals surface area contributed by atoms with Gasteiger partial charge in [-0.15, -0.1) is 11.3 Å². The minimum Gasteiger partial charge on any atom is -0.460 e. The van der Waals surface area contributed by atoms with Gasteiger partial charge in [0, 0.05) is 54.6 Å². The van der Waals surface area contributed by atoms with Crippen LogP contribution in [0.3, 0.4) is 0 Å². The highest BCUT2D eigenvalue weighted by Crippen LogP contribution is 2.41. The predicted octanol–water partition coefficient (Wildman–Crippen LogP) is 12.0. The summed E-state index contributed by atoms with van der Waals surface area (Å²) in [7, 11) is 0. The van der Waals surface area contributed by atoms with E-state index < -0.39 is 0 Å². The smallest absolute Gasteiger partial charge is 0.135 e. The zero-order valence-electron chi connectivity index (χ0n) is 23.7. The van der Waals surface area contributed by atoms with Gasteiger partial charge in [-0.3, -0.25) is 0 Å². The maximum Gasteiger partial charge on any atom is 0.135 e. The third kappa shape index (κ3) is 4.07. The van der Waals surface area contributed by atoms with E-state index in [9.17, 15) is 0 Å². The number of fused-ring (bicyclic) bond motifs is 8. The van der Waals surface area contributed by atoms with Crippen LogP contribution < -0.4 is 4.90 Å². The van der Waals surface area contributed by atoms with Crippen LogP contribution in [0.25, 0.3) is 59.1 Å². The van der Waals surface area contributed by atoms with Gasteiger partial charge in [0.15, 0.2) is 0 Å². The summed E-state index contributed by atoms with van der Waals surface area (Å²) in [5.41, 5.74) is 8.26. The van der Waals surface area contributed by atoms with Gasteiger partial charge >= 0.3 is 0 Å².